The zero-order valence-corrected chi connectivity index (χ0v) is 17.0. The number of rotatable bonds is 17. The lowest BCUT2D eigenvalue weighted by Gasteiger charge is -2.06. The molecule has 153 valence electrons. The fourth-order valence-electron chi connectivity index (χ4n) is 2.95. The van der Waals surface area contributed by atoms with Gasteiger partial charge in [0, 0.05) is 0 Å². The molecule has 0 aliphatic rings. The van der Waals surface area contributed by atoms with E-state index in [1.54, 1.807) is 18.2 Å². The van der Waals surface area contributed by atoms with Gasteiger partial charge in [-0.15, -0.1) is 0 Å². The maximum absolute atomic E-state index is 11.9. The highest BCUT2D eigenvalue weighted by molar-refractivity contribution is 5.89. The molecule has 1 aromatic rings. The molecule has 0 atom stereocenters. The largest absolute Gasteiger partial charge is 0.494 e. The van der Waals surface area contributed by atoms with Crippen LogP contribution in [-0.2, 0) is 9.78 Å². The first-order chi connectivity index (χ1) is 13.3. The second kappa shape index (κ2) is 16.6. The third kappa shape index (κ3) is 12.5. The summed E-state index contributed by atoms with van der Waals surface area (Å²) in [7, 11) is 0. The highest BCUT2D eigenvalue weighted by atomic mass is 17.2. The molecule has 4 nitrogen and oxygen atoms in total. The van der Waals surface area contributed by atoms with E-state index in [9.17, 15) is 4.79 Å². The van der Waals surface area contributed by atoms with Crippen molar-refractivity contribution in [1.29, 1.82) is 0 Å². The van der Waals surface area contributed by atoms with Gasteiger partial charge in [-0.25, -0.2) is 4.79 Å². The minimum absolute atomic E-state index is 0.437. The molecule has 0 heterocycles. The number of carbonyl (C=O) groups excluding carboxylic acids is 1. The average molecular weight is 378 g/mol. The van der Waals surface area contributed by atoms with Crippen molar-refractivity contribution in [2.24, 2.45) is 0 Å². The van der Waals surface area contributed by atoms with Gasteiger partial charge in [-0.05, 0) is 31.5 Å². The highest BCUT2D eigenvalue weighted by Gasteiger charge is 2.09. The van der Waals surface area contributed by atoms with Gasteiger partial charge in [0.05, 0.1) is 18.8 Å². The van der Waals surface area contributed by atoms with E-state index in [1.165, 1.54) is 57.8 Å². The summed E-state index contributed by atoms with van der Waals surface area (Å²) in [5, 5.41) is 0. The second-order valence-corrected chi connectivity index (χ2v) is 6.90. The fourth-order valence-corrected chi connectivity index (χ4v) is 2.95. The monoisotopic (exact) mass is 377 g/mol. The van der Waals surface area contributed by atoms with Crippen molar-refractivity contribution in [3.8, 4) is 5.75 Å². The summed E-state index contributed by atoms with van der Waals surface area (Å²) >= 11 is 0. The Hall–Kier alpha value is -1.55. The lowest BCUT2D eigenvalue weighted by atomic mass is 10.1. The molecule has 1 radical (unpaired) electrons. The van der Waals surface area contributed by atoms with Crippen LogP contribution in [0.3, 0.4) is 0 Å². The molecule has 0 saturated carbocycles. The molecular formula is C23H37O4. The van der Waals surface area contributed by atoms with Crippen molar-refractivity contribution < 1.29 is 19.3 Å². The quantitative estimate of drug-likeness (QED) is 0.172. The van der Waals surface area contributed by atoms with Crippen LogP contribution in [0.2, 0.25) is 0 Å². The van der Waals surface area contributed by atoms with E-state index < -0.39 is 5.97 Å². The zero-order chi connectivity index (χ0) is 19.6. The normalized spacial score (nSPS) is 10.7. The summed E-state index contributed by atoms with van der Waals surface area (Å²) in [6.45, 7) is 6.79. The van der Waals surface area contributed by atoms with Crippen LogP contribution < -0.4 is 4.74 Å². The van der Waals surface area contributed by atoms with Gasteiger partial charge >= 0.3 is 5.97 Å². The van der Waals surface area contributed by atoms with E-state index in [2.05, 4.69) is 6.92 Å². The van der Waals surface area contributed by atoms with Crippen LogP contribution in [0.1, 0.15) is 94.3 Å². The van der Waals surface area contributed by atoms with Crippen molar-refractivity contribution in [2.45, 2.75) is 84.0 Å². The molecule has 0 aliphatic heterocycles. The average Bonchev–Trinajstić information content (AvgIpc) is 2.68. The molecule has 0 aromatic heterocycles. The van der Waals surface area contributed by atoms with Gasteiger partial charge in [-0.3, -0.25) is 4.89 Å². The first kappa shape index (κ1) is 23.5. The molecule has 0 unspecified atom stereocenters. The lowest BCUT2D eigenvalue weighted by Crippen LogP contribution is -2.07. The third-order valence-electron chi connectivity index (χ3n) is 4.49. The highest BCUT2D eigenvalue weighted by Crippen LogP contribution is 2.15. The number of hydrogen-bond acceptors (Lipinski definition) is 4. The molecule has 27 heavy (non-hydrogen) atoms. The van der Waals surface area contributed by atoms with Crippen LogP contribution >= 0.6 is 0 Å². The van der Waals surface area contributed by atoms with Crippen LogP contribution in [0, 0.1) is 6.92 Å². The minimum Gasteiger partial charge on any atom is -0.494 e. The van der Waals surface area contributed by atoms with E-state index >= 15 is 0 Å². The molecular weight excluding hydrogens is 340 g/mol. The van der Waals surface area contributed by atoms with Crippen molar-refractivity contribution >= 4 is 5.97 Å². The lowest BCUT2D eigenvalue weighted by molar-refractivity contribution is -0.241. The van der Waals surface area contributed by atoms with E-state index in [-0.39, 0.29) is 0 Å². The summed E-state index contributed by atoms with van der Waals surface area (Å²) < 4.78 is 5.37. The molecule has 4 heteroatoms. The molecule has 0 bridgehead atoms. The Labute approximate surface area is 165 Å². The summed E-state index contributed by atoms with van der Waals surface area (Å²) in [6, 6.07) is 6.93. The number of hydrogen-bond donors (Lipinski definition) is 0. The fraction of sp³-hybridized carbons (Fsp3) is 0.652. The molecule has 0 saturated heterocycles. The number of unbranched alkanes of at least 4 members (excludes halogenated alkanes) is 11. The van der Waals surface area contributed by atoms with Crippen LogP contribution in [-0.4, -0.2) is 19.2 Å². The van der Waals surface area contributed by atoms with Gasteiger partial charge in [-0.1, -0.05) is 83.6 Å². The first-order valence-electron chi connectivity index (χ1n) is 10.6. The summed E-state index contributed by atoms with van der Waals surface area (Å²) in [4.78, 5) is 21.8. The number of benzene rings is 1. The minimum atomic E-state index is -0.480. The SMILES string of the molecule is [CH2]CCCCCCCCCCCCCOOC(=O)c1cccc(OCC)c1. The second-order valence-electron chi connectivity index (χ2n) is 6.90. The Kier molecular flexibility index (Phi) is 14.5. The molecule has 1 aromatic carbocycles. The summed E-state index contributed by atoms with van der Waals surface area (Å²) in [5.74, 6) is 0.178. The van der Waals surface area contributed by atoms with Crippen molar-refractivity contribution in [2.75, 3.05) is 13.2 Å². The molecule has 1 rings (SSSR count). The maximum atomic E-state index is 11.9. The topological polar surface area (TPSA) is 44.8 Å². The Balaban J connectivity index is 1.92. The Bertz CT molecular complexity index is 487. The Morgan fingerprint density at radius 2 is 1.48 bits per heavy atom. The maximum Gasteiger partial charge on any atom is 0.373 e. The molecule has 0 amide bonds. The molecule has 0 N–H and O–H groups in total. The van der Waals surface area contributed by atoms with Crippen molar-refractivity contribution in [1.82, 2.24) is 0 Å². The standard InChI is InChI=1S/C23H37O4/c1-3-5-6-7-8-9-10-11-12-13-14-15-19-26-27-23(24)21-17-16-18-22(20-21)25-4-2/h16-18,20H,1,3-15,19H2,2H3. The van der Waals surface area contributed by atoms with Crippen LogP contribution in [0.4, 0.5) is 0 Å². The zero-order valence-electron chi connectivity index (χ0n) is 17.0. The van der Waals surface area contributed by atoms with Crippen molar-refractivity contribution in [3.63, 3.8) is 0 Å². The van der Waals surface area contributed by atoms with Crippen LogP contribution in [0.25, 0.3) is 0 Å². The van der Waals surface area contributed by atoms with E-state index in [4.69, 9.17) is 14.5 Å². The van der Waals surface area contributed by atoms with Crippen LogP contribution in [0.5, 0.6) is 5.75 Å². The predicted molar refractivity (Wildman–Crippen MR) is 110 cm³/mol. The number of ether oxygens (including phenoxy) is 1. The van der Waals surface area contributed by atoms with Gasteiger partial charge in [0.2, 0.25) is 0 Å². The van der Waals surface area contributed by atoms with Gasteiger partial charge in [0.25, 0.3) is 0 Å². The molecule has 0 aliphatic carbocycles. The smallest absolute Gasteiger partial charge is 0.373 e. The van der Waals surface area contributed by atoms with Gasteiger partial charge in [-0.2, -0.15) is 4.89 Å². The number of carbonyl (C=O) groups is 1. The van der Waals surface area contributed by atoms with E-state index in [1.807, 2.05) is 13.0 Å². The van der Waals surface area contributed by atoms with E-state index in [0.717, 1.165) is 19.3 Å². The first-order valence-corrected chi connectivity index (χ1v) is 10.6. The van der Waals surface area contributed by atoms with Gasteiger partial charge in [0.1, 0.15) is 5.75 Å². The van der Waals surface area contributed by atoms with Gasteiger partial charge in [0.15, 0.2) is 0 Å². The summed E-state index contributed by atoms with van der Waals surface area (Å²) in [6.07, 6.45) is 15.0. The Morgan fingerprint density at radius 3 is 2.07 bits per heavy atom. The third-order valence-corrected chi connectivity index (χ3v) is 4.49. The summed E-state index contributed by atoms with van der Waals surface area (Å²) in [5.41, 5.74) is 0.437. The van der Waals surface area contributed by atoms with E-state index in [0.29, 0.717) is 24.5 Å². The Morgan fingerprint density at radius 1 is 0.889 bits per heavy atom. The molecule has 0 fully saturated rings. The van der Waals surface area contributed by atoms with Crippen LogP contribution in [0.15, 0.2) is 24.3 Å². The molecule has 0 spiro atoms. The van der Waals surface area contributed by atoms with Crippen molar-refractivity contribution in [3.05, 3.63) is 36.8 Å². The predicted octanol–water partition coefficient (Wildman–Crippen LogP) is 6.69. The van der Waals surface area contributed by atoms with Gasteiger partial charge < -0.3 is 4.74 Å².